The van der Waals surface area contributed by atoms with Crippen LogP contribution in [0.1, 0.15) is 0 Å². The minimum atomic E-state index is -0.893. The Hall–Kier alpha value is -3.82. The van der Waals surface area contributed by atoms with Gasteiger partial charge in [0.2, 0.25) is 11.6 Å². The number of rotatable bonds is 0. The third kappa shape index (κ3) is 3.64. The monoisotopic (exact) mass is 384 g/mol. The van der Waals surface area contributed by atoms with Crippen LogP contribution in [0.2, 0.25) is 0 Å². The van der Waals surface area contributed by atoms with Gasteiger partial charge in [0.25, 0.3) is 0 Å². The molecular weight excluding hydrogens is 383 g/mol. The molecule has 0 amide bonds. The van der Waals surface area contributed by atoms with Crippen LogP contribution in [0, 0.1) is 45.3 Å². The Labute approximate surface area is 155 Å². The highest BCUT2D eigenvalue weighted by molar-refractivity contribution is 6.59. The minimum Gasteiger partial charge on any atom is -0.288 e. The molecule has 124 valence electrons. The van der Waals surface area contributed by atoms with Crippen molar-refractivity contribution in [1.82, 2.24) is 0 Å². The van der Waals surface area contributed by atoms with E-state index in [-0.39, 0.29) is 11.1 Å². The summed E-state index contributed by atoms with van der Waals surface area (Å²) in [5, 5.41) is 32.8. The number of Topliss-reactive ketones (excluding diaryl/α,β-unsaturated/α-hetero) is 2. The molecule has 2 aliphatic carbocycles. The van der Waals surface area contributed by atoms with Gasteiger partial charge in [-0.2, -0.15) is 21.0 Å². The number of carbonyl (C=O) groups is 4. The number of hydrogen-bond donors (Lipinski definition) is 0. The van der Waals surface area contributed by atoms with Crippen LogP contribution in [0.25, 0.3) is 0 Å². The third-order valence-corrected chi connectivity index (χ3v) is 3.69. The Morgan fingerprint density at radius 3 is 1.08 bits per heavy atom. The topological polar surface area (TPSA) is 163 Å². The van der Waals surface area contributed by atoms with Gasteiger partial charge in [0.15, 0.2) is 11.6 Å². The number of nitrogens with zero attached hydrogens (tertiary/aromatic N) is 4. The van der Waals surface area contributed by atoms with Crippen LogP contribution in [0.15, 0.2) is 44.5 Å². The molecule has 0 fully saturated rings. The lowest BCUT2D eigenvalue weighted by molar-refractivity contribution is -0.115. The van der Waals surface area contributed by atoms with E-state index in [9.17, 15) is 19.2 Å². The van der Waals surface area contributed by atoms with Crippen molar-refractivity contribution in [2.24, 2.45) is 0 Å². The zero-order chi connectivity index (χ0) is 20.0. The quantitative estimate of drug-likeness (QED) is 0.562. The minimum absolute atomic E-state index is 0.370. The van der Waals surface area contributed by atoms with Gasteiger partial charge in [-0.15, -0.1) is 0 Å². The molecule has 0 unspecified atom stereocenters. The van der Waals surface area contributed by atoms with Gasteiger partial charge in [-0.1, -0.05) is 23.2 Å². The Morgan fingerprint density at radius 1 is 0.577 bits per heavy atom. The standard InChI is InChI=1S/C8Cl2N2O2.C8H2N2O2/c9-5-6(10)8(14)4(2-12)3(1-11)7(5)13;9-3-5-6(4-10)8(12)2-1-7(5)11/h;1-2H. The van der Waals surface area contributed by atoms with Crippen LogP contribution in [0.3, 0.4) is 0 Å². The molecule has 0 aliphatic heterocycles. The SMILES string of the molecule is N#CC1=C(C#N)C(=O)C(Cl)=C(Cl)C1=O.N#CC1=C(C#N)C(=O)C=CC1=O. The van der Waals surface area contributed by atoms with Crippen molar-refractivity contribution in [3.8, 4) is 24.3 Å². The number of halogens is 2. The summed E-state index contributed by atoms with van der Waals surface area (Å²) in [4.78, 5) is 44.2. The Bertz CT molecular complexity index is 981. The van der Waals surface area contributed by atoms with E-state index in [0.717, 1.165) is 12.2 Å². The summed E-state index contributed by atoms with van der Waals surface area (Å²) in [6, 6.07) is 5.93. The highest BCUT2D eigenvalue weighted by Crippen LogP contribution is 2.28. The molecule has 0 heterocycles. The normalized spacial score (nSPS) is 16.4. The van der Waals surface area contributed by atoms with E-state index in [2.05, 4.69) is 0 Å². The molecule has 0 aromatic carbocycles. The summed E-state index contributed by atoms with van der Waals surface area (Å²) < 4.78 is 0. The van der Waals surface area contributed by atoms with E-state index in [1.165, 1.54) is 24.3 Å². The number of hydrogen-bond acceptors (Lipinski definition) is 8. The molecule has 8 nitrogen and oxygen atoms in total. The predicted octanol–water partition coefficient (Wildman–Crippen LogP) is 1.21. The van der Waals surface area contributed by atoms with E-state index in [1.54, 1.807) is 0 Å². The molecule has 10 heteroatoms. The van der Waals surface area contributed by atoms with E-state index >= 15 is 0 Å². The second kappa shape index (κ2) is 8.33. The van der Waals surface area contributed by atoms with Crippen LogP contribution in [-0.4, -0.2) is 23.1 Å². The number of ketones is 4. The molecule has 2 aliphatic rings. The number of allylic oxidation sites excluding steroid dienone is 8. The van der Waals surface area contributed by atoms with Gasteiger partial charge in [0, 0.05) is 0 Å². The highest BCUT2D eigenvalue weighted by Gasteiger charge is 2.33. The zero-order valence-corrected chi connectivity index (χ0v) is 13.8. The maximum Gasteiger partial charge on any atom is 0.218 e. The molecule has 0 saturated carbocycles. The fraction of sp³-hybridized carbons (Fsp3) is 0. The molecule has 0 aromatic rings. The molecule has 0 saturated heterocycles. The fourth-order valence-corrected chi connectivity index (χ4v) is 2.01. The van der Waals surface area contributed by atoms with Crippen LogP contribution in [-0.2, 0) is 19.2 Å². The fourth-order valence-electron chi connectivity index (χ4n) is 1.65. The van der Waals surface area contributed by atoms with Gasteiger partial charge in [-0.25, -0.2) is 0 Å². The van der Waals surface area contributed by atoms with Gasteiger partial charge in [-0.05, 0) is 12.2 Å². The largest absolute Gasteiger partial charge is 0.288 e. The van der Waals surface area contributed by atoms with Gasteiger partial charge in [-0.3, -0.25) is 19.2 Å². The van der Waals surface area contributed by atoms with Crippen LogP contribution < -0.4 is 0 Å². The summed E-state index contributed by atoms with van der Waals surface area (Å²) in [5.74, 6) is -2.96. The summed E-state index contributed by atoms with van der Waals surface area (Å²) in [6.07, 6.45) is 1.98. The molecule has 0 radical (unpaired) electrons. The summed E-state index contributed by atoms with van der Waals surface area (Å²) in [6.45, 7) is 0. The lowest BCUT2D eigenvalue weighted by Gasteiger charge is -2.08. The predicted molar refractivity (Wildman–Crippen MR) is 84.4 cm³/mol. The summed E-state index contributed by atoms with van der Waals surface area (Å²) in [7, 11) is 0. The molecule has 0 bridgehead atoms. The molecule has 0 aromatic heterocycles. The molecule has 0 atom stereocenters. The van der Waals surface area contributed by atoms with Crippen molar-refractivity contribution in [2.75, 3.05) is 0 Å². The maximum atomic E-state index is 11.2. The molecular formula is C16H2Cl2N4O4. The van der Waals surface area contributed by atoms with Crippen molar-refractivity contribution >= 4 is 46.3 Å². The lowest BCUT2D eigenvalue weighted by atomic mass is 9.96. The Kier molecular flexibility index (Phi) is 6.48. The Morgan fingerprint density at radius 2 is 0.846 bits per heavy atom. The first-order valence-corrected chi connectivity index (χ1v) is 7.01. The summed E-state index contributed by atoms with van der Waals surface area (Å²) >= 11 is 10.8. The van der Waals surface area contributed by atoms with Gasteiger partial charge in [0.05, 0.1) is 0 Å². The third-order valence-electron chi connectivity index (χ3n) is 2.87. The average molecular weight is 385 g/mol. The first-order valence-electron chi connectivity index (χ1n) is 6.25. The van der Waals surface area contributed by atoms with Crippen molar-refractivity contribution in [3.63, 3.8) is 0 Å². The lowest BCUT2D eigenvalue weighted by Crippen LogP contribution is -2.18. The molecule has 0 N–H and O–H groups in total. The van der Waals surface area contributed by atoms with Crippen LogP contribution >= 0.6 is 23.2 Å². The maximum absolute atomic E-state index is 11.2. The van der Waals surface area contributed by atoms with E-state index in [4.69, 9.17) is 44.2 Å². The van der Waals surface area contributed by atoms with Gasteiger partial charge >= 0.3 is 0 Å². The second-order valence-corrected chi connectivity index (χ2v) is 5.05. The van der Waals surface area contributed by atoms with E-state index < -0.39 is 44.3 Å². The number of carbonyl (C=O) groups excluding carboxylic acids is 4. The zero-order valence-electron chi connectivity index (χ0n) is 12.3. The van der Waals surface area contributed by atoms with Crippen molar-refractivity contribution < 1.29 is 19.2 Å². The van der Waals surface area contributed by atoms with Crippen molar-refractivity contribution in [2.45, 2.75) is 0 Å². The van der Waals surface area contributed by atoms with Crippen molar-refractivity contribution in [1.29, 1.82) is 21.0 Å². The van der Waals surface area contributed by atoms with Gasteiger partial charge < -0.3 is 0 Å². The van der Waals surface area contributed by atoms with Crippen LogP contribution in [0.5, 0.6) is 0 Å². The summed E-state index contributed by atoms with van der Waals surface area (Å²) in [5.41, 5.74) is -1.87. The number of nitriles is 4. The second-order valence-electron chi connectivity index (χ2n) is 4.30. The Balaban J connectivity index is 0.000000263. The molecule has 0 spiro atoms. The molecule has 2 rings (SSSR count). The smallest absolute Gasteiger partial charge is 0.218 e. The average Bonchev–Trinajstić information content (AvgIpc) is 2.64. The highest BCUT2D eigenvalue weighted by atomic mass is 35.5. The first kappa shape index (κ1) is 20.2. The van der Waals surface area contributed by atoms with E-state index in [1.807, 2.05) is 0 Å². The molecule has 26 heavy (non-hydrogen) atoms. The van der Waals surface area contributed by atoms with Gasteiger partial charge in [0.1, 0.15) is 56.6 Å². The first-order chi connectivity index (χ1) is 12.2. The van der Waals surface area contributed by atoms with Crippen molar-refractivity contribution in [3.05, 3.63) is 44.5 Å². The van der Waals surface area contributed by atoms with E-state index in [0.29, 0.717) is 0 Å². The van der Waals surface area contributed by atoms with Crippen LogP contribution in [0.4, 0.5) is 0 Å².